The fourth-order valence-corrected chi connectivity index (χ4v) is 3.82. The van der Waals surface area contributed by atoms with Gasteiger partial charge in [-0.15, -0.1) is 0 Å². The largest absolute Gasteiger partial charge is 0.327 e. The van der Waals surface area contributed by atoms with Crippen molar-refractivity contribution in [3.63, 3.8) is 0 Å². The van der Waals surface area contributed by atoms with E-state index in [1.807, 2.05) is 0 Å². The van der Waals surface area contributed by atoms with Gasteiger partial charge in [-0.05, 0) is 23.2 Å². The van der Waals surface area contributed by atoms with Crippen molar-refractivity contribution in [3.05, 3.63) is 0 Å². The highest BCUT2D eigenvalue weighted by molar-refractivity contribution is 5.15. The third-order valence-corrected chi connectivity index (χ3v) is 5.70. The quantitative estimate of drug-likeness (QED) is 0.566. The van der Waals surface area contributed by atoms with Gasteiger partial charge in [-0.25, -0.2) is 0 Å². The Morgan fingerprint density at radius 3 is 1.72 bits per heavy atom. The molecule has 0 saturated heterocycles. The van der Waals surface area contributed by atoms with Crippen LogP contribution in [-0.4, -0.2) is 6.04 Å². The molecule has 0 radical (unpaired) electrons. The molecule has 108 valence electrons. The Kier molecular flexibility index (Phi) is 5.70. The average Bonchev–Trinajstić information content (AvgIpc) is 2.68. The molecule has 1 fully saturated rings. The minimum atomic E-state index is 0.422. The van der Waals surface area contributed by atoms with Crippen LogP contribution < -0.4 is 5.73 Å². The van der Waals surface area contributed by atoms with Gasteiger partial charge in [-0.1, -0.05) is 79.6 Å². The number of hydrogen-bond acceptors (Lipinski definition) is 1. The molecule has 0 aromatic carbocycles. The molecule has 0 aromatic rings. The zero-order valence-corrected chi connectivity index (χ0v) is 13.4. The Morgan fingerprint density at radius 2 is 1.28 bits per heavy atom. The summed E-state index contributed by atoms with van der Waals surface area (Å²) in [5.41, 5.74) is 7.30. The Labute approximate surface area is 115 Å². The van der Waals surface area contributed by atoms with Gasteiger partial charge in [0.2, 0.25) is 0 Å². The molecule has 0 aromatic heterocycles. The maximum absolute atomic E-state index is 6.39. The van der Waals surface area contributed by atoms with Gasteiger partial charge < -0.3 is 5.73 Å². The lowest BCUT2D eigenvalue weighted by atomic mass is 9.98. The first-order valence-corrected chi connectivity index (χ1v) is 8.11. The number of unbranched alkanes of at least 4 members (excludes halogenated alkanes) is 6. The molecule has 0 heterocycles. The first-order valence-electron chi connectivity index (χ1n) is 8.11. The lowest BCUT2D eigenvalue weighted by Gasteiger charge is -2.13. The molecule has 1 heteroatoms. The second-order valence-corrected chi connectivity index (χ2v) is 7.49. The topological polar surface area (TPSA) is 26.0 Å². The van der Waals surface area contributed by atoms with Crippen molar-refractivity contribution < 1.29 is 0 Å². The van der Waals surface area contributed by atoms with E-state index in [4.69, 9.17) is 5.73 Å². The van der Waals surface area contributed by atoms with Crippen molar-refractivity contribution in [1.82, 2.24) is 0 Å². The minimum Gasteiger partial charge on any atom is -0.327 e. The normalized spacial score (nSPS) is 23.0. The Morgan fingerprint density at radius 1 is 0.833 bits per heavy atom. The maximum atomic E-state index is 6.39. The molecule has 0 bridgehead atoms. The van der Waals surface area contributed by atoms with Gasteiger partial charge in [0.05, 0.1) is 0 Å². The van der Waals surface area contributed by atoms with E-state index in [0.717, 1.165) is 5.92 Å². The summed E-state index contributed by atoms with van der Waals surface area (Å²) in [6.45, 7) is 11.8. The van der Waals surface area contributed by atoms with Crippen LogP contribution in [0.5, 0.6) is 0 Å². The number of nitrogens with two attached hydrogens (primary N) is 1. The molecule has 1 aliphatic rings. The first-order chi connectivity index (χ1) is 8.35. The fourth-order valence-electron chi connectivity index (χ4n) is 3.82. The maximum Gasteiger partial charge on any atom is 0.00777 e. The Bertz CT molecular complexity index is 228. The van der Waals surface area contributed by atoms with Gasteiger partial charge in [0.1, 0.15) is 0 Å². The van der Waals surface area contributed by atoms with Crippen LogP contribution in [0.15, 0.2) is 0 Å². The predicted octanol–water partition coefficient (Wildman–Crippen LogP) is 5.14. The summed E-state index contributed by atoms with van der Waals surface area (Å²) < 4.78 is 0. The van der Waals surface area contributed by atoms with E-state index in [1.165, 1.54) is 51.4 Å². The monoisotopic (exact) mass is 253 g/mol. The van der Waals surface area contributed by atoms with Crippen LogP contribution in [0.3, 0.4) is 0 Å². The van der Waals surface area contributed by atoms with E-state index in [-0.39, 0.29) is 0 Å². The highest BCUT2D eigenvalue weighted by Gasteiger charge is 2.66. The third kappa shape index (κ3) is 3.50. The molecular formula is C17H35N. The first kappa shape index (κ1) is 16.0. The highest BCUT2D eigenvalue weighted by Crippen LogP contribution is 2.69. The molecule has 1 aliphatic carbocycles. The fraction of sp³-hybridized carbons (Fsp3) is 1.00. The summed E-state index contributed by atoms with van der Waals surface area (Å²) in [6, 6.07) is 0.422. The zero-order chi connectivity index (χ0) is 13.8. The molecule has 1 rings (SSSR count). The van der Waals surface area contributed by atoms with Crippen molar-refractivity contribution >= 4 is 0 Å². The standard InChI is InChI=1S/C17H35N/c1-6-7-8-9-10-11-12-13-14(18)15-16(2,3)17(15,4)5/h14-15H,6-13,18H2,1-5H3. The van der Waals surface area contributed by atoms with E-state index < -0.39 is 0 Å². The molecule has 0 spiro atoms. The van der Waals surface area contributed by atoms with Crippen LogP contribution in [0, 0.1) is 16.7 Å². The van der Waals surface area contributed by atoms with E-state index in [9.17, 15) is 0 Å². The molecule has 1 saturated carbocycles. The van der Waals surface area contributed by atoms with Crippen molar-refractivity contribution in [3.8, 4) is 0 Å². The molecule has 1 atom stereocenters. The predicted molar refractivity (Wildman–Crippen MR) is 81.6 cm³/mol. The van der Waals surface area contributed by atoms with Gasteiger partial charge in [-0.2, -0.15) is 0 Å². The summed E-state index contributed by atoms with van der Waals surface area (Å²) in [4.78, 5) is 0. The van der Waals surface area contributed by atoms with Crippen molar-refractivity contribution in [1.29, 1.82) is 0 Å². The summed E-state index contributed by atoms with van der Waals surface area (Å²) in [5, 5.41) is 0. The lowest BCUT2D eigenvalue weighted by molar-refractivity contribution is 0.435. The average molecular weight is 253 g/mol. The number of hydrogen-bond donors (Lipinski definition) is 1. The molecule has 2 N–H and O–H groups in total. The van der Waals surface area contributed by atoms with Crippen molar-refractivity contribution in [2.75, 3.05) is 0 Å². The Balaban J connectivity index is 2.07. The van der Waals surface area contributed by atoms with Crippen LogP contribution in [0.4, 0.5) is 0 Å². The SMILES string of the molecule is CCCCCCCCCC(N)C1C(C)(C)C1(C)C. The highest BCUT2D eigenvalue weighted by atomic mass is 14.8. The molecule has 18 heavy (non-hydrogen) atoms. The second kappa shape index (κ2) is 6.41. The van der Waals surface area contributed by atoms with Gasteiger partial charge in [0.25, 0.3) is 0 Å². The van der Waals surface area contributed by atoms with Crippen molar-refractivity contribution in [2.45, 2.75) is 92.0 Å². The number of rotatable bonds is 9. The molecule has 1 unspecified atom stereocenters. The Hall–Kier alpha value is -0.0400. The van der Waals surface area contributed by atoms with Gasteiger partial charge in [0, 0.05) is 6.04 Å². The van der Waals surface area contributed by atoms with Gasteiger partial charge >= 0.3 is 0 Å². The third-order valence-electron chi connectivity index (χ3n) is 5.70. The summed E-state index contributed by atoms with van der Waals surface area (Å²) in [7, 11) is 0. The van der Waals surface area contributed by atoms with E-state index in [0.29, 0.717) is 16.9 Å². The van der Waals surface area contributed by atoms with E-state index in [1.54, 1.807) is 0 Å². The summed E-state index contributed by atoms with van der Waals surface area (Å²) in [6.07, 6.45) is 10.9. The van der Waals surface area contributed by atoms with Crippen LogP contribution in [0.25, 0.3) is 0 Å². The molecular weight excluding hydrogens is 218 g/mol. The van der Waals surface area contributed by atoms with Crippen LogP contribution in [0.2, 0.25) is 0 Å². The van der Waals surface area contributed by atoms with Crippen LogP contribution >= 0.6 is 0 Å². The molecule has 0 aliphatic heterocycles. The summed E-state index contributed by atoms with van der Waals surface area (Å²) >= 11 is 0. The second-order valence-electron chi connectivity index (χ2n) is 7.49. The van der Waals surface area contributed by atoms with Gasteiger partial charge in [0.15, 0.2) is 0 Å². The van der Waals surface area contributed by atoms with E-state index in [2.05, 4.69) is 34.6 Å². The molecule has 1 nitrogen and oxygen atoms in total. The van der Waals surface area contributed by atoms with Gasteiger partial charge in [-0.3, -0.25) is 0 Å². The zero-order valence-electron chi connectivity index (χ0n) is 13.4. The van der Waals surface area contributed by atoms with Crippen LogP contribution in [0.1, 0.15) is 86.0 Å². The minimum absolute atomic E-state index is 0.422. The molecule has 0 amide bonds. The lowest BCUT2D eigenvalue weighted by Crippen LogP contribution is -2.25. The summed E-state index contributed by atoms with van der Waals surface area (Å²) in [5.74, 6) is 0.727. The smallest absolute Gasteiger partial charge is 0.00777 e. The van der Waals surface area contributed by atoms with E-state index >= 15 is 0 Å². The van der Waals surface area contributed by atoms with Crippen molar-refractivity contribution in [2.24, 2.45) is 22.5 Å². The van der Waals surface area contributed by atoms with Crippen LogP contribution in [-0.2, 0) is 0 Å².